The maximum atomic E-state index is 13.7. The van der Waals surface area contributed by atoms with Crippen molar-refractivity contribution >= 4 is 17.8 Å². The monoisotopic (exact) mass is 503 g/mol. The van der Waals surface area contributed by atoms with Crippen molar-refractivity contribution < 1.29 is 32.2 Å². The summed E-state index contributed by atoms with van der Waals surface area (Å²) in [6, 6.07) is -0.602. The fourth-order valence-corrected chi connectivity index (χ4v) is 3.03. The van der Waals surface area contributed by atoms with E-state index < -0.39 is 46.8 Å². The minimum atomic E-state index is -4.71. The number of halogens is 3. The molecule has 10 heteroatoms. The smallest absolute Gasteiger partial charge is 0.416 e. The summed E-state index contributed by atoms with van der Waals surface area (Å²) >= 11 is 0. The molecule has 0 saturated carbocycles. The normalized spacial score (nSPS) is 15.1. The molecule has 0 saturated heterocycles. The van der Waals surface area contributed by atoms with Gasteiger partial charge in [0.25, 0.3) is 0 Å². The van der Waals surface area contributed by atoms with E-state index in [1.165, 1.54) is 11.0 Å². The van der Waals surface area contributed by atoms with Crippen LogP contribution in [0.5, 0.6) is 0 Å². The molecule has 0 aromatic carbocycles. The number of hydrogen-bond donors (Lipinski definition) is 1. The van der Waals surface area contributed by atoms with E-state index in [0.717, 1.165) is 12.2 Å². The highest BCUT2D eigenvalue weighted by Gasteiger charge is 2.37. The van der Waals surface area contributed by atoms with Crippen LogP contribution in [0.15, 0.2) is 40.1 Å². The third kappa shape index (κ3) is 12.5. The molecule has 0 aliphatic carbocycles. The highest BCUT2D eigenvalue weighted by molar-refractivity contribution is 6.07. The molecule has 200 valence electrons. The van der Waals surface area contributed by atoms with Gasteiger partial charge < -0.3 is 20.1 Å². The third-order valence-electron chi connectivity index (χ3n) is 4.48. The topological polar surface area (TPSA) is 94.2 Å². The van der Waals surface area contributed by atoms with Gasteiger partial charge in [-0.2, -0.15) is 18.2 Å². The second-order valence-corrected chi connectivity index (χ2v) is 8.93. The molecule has 0 aliphatic heterocycles. The zero-order valence-electron chi connectivity index (χ0n) is 22.1. The van der Waals surface area contributed by atoms with Crippen molar-refractivity contribution in [3.63, 3.8) is 0 Å². The lowest BCUT2D eigenvalue weighted by molar-refractivity contribution is -0.118. The molecule has 0 spiro atoms. The van der Waals surface area contributed by atoms with E-state index in [1.54, 1.807) is 48.5 Å². The van der Waals surface area contributed by atoms with Crippen LogP contribution in [0.2, 0.25) is 0 Å². The van der Waals surface area contributed by atoms with Gasteiger partial charge in [0.05, 0.1) is 17.9 Å². The summed E-state index contributed by atoms with van der Waals surface area (Å²) in [5, 5.41) is 0. The number of carbonyl (C=O) groups is 2. The number of carbonyl (C=O) groups excluding carboxylic acids is 2. The van der Waals surface area contributed by atoms with Crippen molar-refractivity contribution in [2.45, 2.75) is 92.5 Å². The lowest BCUT2D eigenvalue weighted by Gasteiger charge is -2.31. The van der Waals surface area contributed by atoms with Crippen LogP contribution in [-0.4, -0.2) is 53.7 Å². The van der Waals surface area contributed by atoms with Gasteiger partial charge in [0.15, 0.2) is 0 Å². The molecule has 1 unspecified atom stereocenters. The number of amidine groups is 1. The van der Waals surface area contributed by atoms with Crippen molar-refractivity contribution in [2.24, 2.45) is 10.7 Å². The van der Waals surface area contributed by atoms with Gasteiger partial charge in [0, 0.05) is 24.6 Å². The Hall–Kier alpha value is -2.78. The van der Waals surface area contributed by atoms with Crippen LogP contribution in [0, 0.1) is 0 Å². The van der Waals surface area contributed by atoms with E-state index in [-0.39, 0.29) is 12.8 Å². The molecule has 0 rings (SSSR count). The van der Waals surface area contributed by atoms with Gasteiger partial charge in [0.1, 0.15) is 11.4 Å². The Labute approximate surface area is 206 Å². The number of aliphatic imine (C=N–C) groups is 1. The van der Waals surface area contributed by atoms with Crippen molar-refractivity contribution in [2.75, 3.05) is 13.2 Å². The first-order chi connectivity index (χ1) is 16.1. The van der Waals surface area contributed by atoms with E-state index >= 15 is 0 Å². The zero-order valence-corrected chi connectivity index (χ0v) is 22.1. The van der Waals surface area contributed by atoms with Gasteiger partial charge in [-0.1, -0.05) is 19.9 Å². The molecule has 7 nitrogen and oxygen atoms in total. The molecule has 0 aromatic heterocycles. The molecule has 0 bridgehead atoms. The molecule has 0 radical (unpaired) electrons. The van der Waals surface area contributed by atoms with Gasteiger partial charge >= 0.3 is 12.3 Å². The number of nitrogens with zero attached hydrogens (tertiary/aromatic N) is 2. The van der Waals surface area contributed by atoms with Crippen LogP contribution < -0.4 is 5.73 Å². The average molecular weight is 504 g/mol. The first kappa shape index (κ1) is 32.2. The minimum Gasteiger partial charge on any atom is -0.499 e. The molecule has 35 heavy (non-hydrogen) atoms. The Kier molecular flexibility index (Phi) is 13.4. The molecule has 0 heterocycles. The largest absolute Gasteiger partial charge is 0.499 e. The van der Waals surface area contributed by atoms with Gasteiger partial charge in [-0.3, -0.25) is 4.79 Å². The predicted octanol–water partition coefficient (Wildman–Crippen LogP) is 6.06. The summed E-state index contributed by atoms with van der Waals surface area (Å²) in [6.45, 7) is 14.3. The first-order valence-electron chi connectivity index (χ1n) is 11.7. The van der Waals surface area contributed by atoms with Gasteiger partial charge in [-0.05, 0) is 66.5 Å². The van der Waals surface area contributed by atoms with Crippen LogP contribution in [0.25, 0.3) is 0 Å². The lowest BCUT2D eigenvalue weighted by Crippen LogP contribution is -2.43. The molecule has 1 atom stereocenters. The van der Waals surface area contributed by atoms with E-state index in [2.05, 4.69) is 4.99 Å². The van der Waals surface area contributed by atoms with Crippen LogP contribution in [0.1, 0.15) is 74.7 Å². The van der Waals surface area contributed by atoms with Crippen LogP contribution in [0.4, 0.5) is 18.0 Å². The van der Waals surface area contributed by atoms with Gasteiger partial charge in [-0.15, -0.1) is 0 Å². The quantitative estimate of drug-likeness (QED) is 0.160. The molecular weight excluding hydrogens is 463 g/mol. The number of allylic oxidation sites excluding steroid dienone is 4. The van der Waals surface area contributed by atoms with Crippen LogP contribution >= 0.6 is 0 Å². The molecule has 2 N–H and O–H groups in total. The minimum absolute atomic E-state index is 0.0977. The highest BCUT2D eigenvalue weighted by Crippen LogP contribution is 2.32. The number of hydrogen-bond acceptors (Lipinski definition) is 4. The summed E-state index contributed by atoms with van der Waals surface area (Å²) in [5.74, 6) is -0.948. The average Bonchev–Trinajstić information content (AvgIpc) is 2.69. The molecule has 0 aliphatic rings. The fraction of sp³-hybridized carbons (Fsp3) is 0.640. The Balaban J connectivity index is 6.06. The highest BCUT2D eigenvalue weighted by atomic mass is 19.4. The van der Waals surface area contributed by atoms with E-state index in [4.69, 9.17) is 15.2 Å². The maximum absolute atomic E-state index is 13.7. The van der Waals surface area contributed by atoms with Crippen molar-refractivity contribution in [1.29, 1.82) is 0 Å². The van der Waals surface area contributed by atoms with Crippen molar-refractivity contribution in [3.05, 3.63) is 35.1 Å². The van der Waals surface area contributed by atoms with Crippen molar-refractivity contribution in [3.8, 4) is 0 Å². The summed E-state index contributed by atoms with van der Waals surface area (Å²) < 4.78 is 51.9. The van der Waals surface area contributed by atoms with E-state index in [0.29, 0.717) is 25.3 Å². The van der Waals surface area contributed by atoms with Gasteiger partial charge in [0.2, 0.25) is 5.91 Å². The number of rotatable bonds is 11. The first-order valence-corrected chi connectivity index (χ1v) is 11.7. The van der Waals surface area contributed by atoms with Crippen molar-refractivity contribution in [1.82, 2.24) is 4.90 Å². The molecule has 0 fully saturated rings. The summed E-state index contributed by atoms with van der Waals surface area (Å²) in [6.07, 6.45) is -1.34. The Morgan fingerprint density at radius 1 is 1.11 bits per heavy atom. The number of ether oxygens (including phenoxy) is 2. The lowest BCUT2D eigenvalue weighted by atomic mass is 10.0. The summed E-state index contributed by atoms with van der Waals surface area (Å²) in [4.78, 5) is 30.3. The van der Waals surface area contributed by atoms with Crippen LogP contribution in [-0.2, 0) is 14.3 Å². The number of amides is 2. The maximum Gasteiger partial charge on any atom is 0.416 e. The third-order valence-corrected chi connectivity index (χ3v) is 4.48. The molecule has 2 amide bonds. The predicted molar refractivity (Wildman–Crippen MR) is 132 cm³/mol. The number of alkyl halides is 3. The second-order valence-electron chi connectivity index (χ2n) is 8.93. The summed E-state index contributed by atoms with van der Waals surface area (Å²) in [7, 11) is 0. The second kappa shape index (κ2) is 14.6. The number of nitrogens with two attached hydrogens (primary N) is 1. The Morgan fingerprint density at radius 2 is 1.71 bits per heavy atom. The SMILES string of the molecule is CC\C=C(/C(=C\C=C(/C)OCC)C(N)=NC(=O)CC(C)N(CCC)C(=O)OC(C)(C)C)C(F)(F)F. The summed E-state index contributed by atoms with van der Waals surface area (Å²) in [5.41, 5.74) is 3.76. The van der Waals surface area contributed by atoms with Gasteiger partial charge in [-0.25, -0.2) is 4.79 Å². The molecule has 0 aromatic rings. The molecular formula is C25H40F3N3O4. The Bertz CT molecular complexity index is 838. The Morgan fingerprint density at radius 3 is 2.17 bits per heavy atom. The van der Waals surface area contributed by atoms with E-state index in [9.17, 15) is 22.8 Å². The standard InChI is InChI=1S/C25H40F3N3O4/c1-9-12-20(25(26,27)28)19(14-13-18(5)34-11-3)22(29)30-21(32)16-17(4)31(15-10-2)23(33)35-24(6,7)8/h12-14,17H,9-11,15-16H2,1-8H3,(H2,29,30,32)/b18-13+,19-14+,20-12+. The zero-order chi connectivity index (χ0) is 27.4. The van der Waals surface area contributed by atoms with E-state index in [1.807, 2.05) is 6.92 Å². The van der Waals surface area contributed by atoms with Crippen LogP contribution in [0.3, 0.4) is 0 Å². The fourth-order valence-electron chi connectivity index (χ4n) is 3.03.